The summed E-state index contributed by atoms with van der Waals surface area (Å²) in [6.07, 6.45) is 0.0361. The summed E-state index contributed by atoms with van der Waals surface area (Å²) in [6.45, 7) is 10.6. The molecule has 2 aliphatic heterocycles. The van der Waals surface area contributed by atoms with Gasteiger partial charge in [0, 0.05) is 79.7 Å². The van der Waals surface area contributed by atoms with Crippen molar-refractivity contribution in [3.8, 4) is 39.8 Å². The number of aromatic hydroxyl groups is 2. The molecular weight excluding hydrogens is 850 g/mol. The fourth-order valence-corrected chi connectivity index (χ4v) is 8.08. The Morgan fingerprint density at radius 3 is 2.02 bits per heavy atom. The molecule has 0 radical (unpaired) electrons. The van der Waals surface area contributed by atoms with Gasteiger partial charge in [0.05, 0.1) is 44.9 Å². The SMILES string of the molecule is CCOC(=O)CCN1CCCC(Nc2nnc(-c3c(C)cc(C(F)(F)F)cc3O)cc2CN)C1.COC(=O)CCN1CCCC(Nc2nnc(-c3ccc(OC)cc3O)c(C)c2CN)C1. The fraction of sp³-hybridized carbons (Fsp3) is 0.511. The van der Waals surface area contributed by atoms with Crippen molar-refractivity contribution in [2.45, 2.75) is 90.6 Å². The number of hydrogen-bond donors (Lipinski definition) is 6. The molecule has 2 aliphatic rings. The summed E-state index contributed by atoms with van der Waals surface area (Å²) in [5.41, 5.74) is 15.3. The molecule has 8 N–H and O–H groups in total. The average Bonchev–Trinajstić information content (AvgIpc) is 3.28. The normalized spacial score (nSPS) is 16.8. The number of nitrogens with zero attached hydrogens (tertiary/aromatic N) is 6. The molecule has 0 saturated carbocycles. The lowest BCUT2D eigenvalue weighted by Gasteiger charge is -2.33. The molecule has 2 saturated heterocycles. The Balaban J connectivity index is 0.000000245. The Morgan fingerprint density at radius 2 is 1.46 bits per heavy atom. The minimum Gasteiger partial charge on any atom is -0.507 e. The number of aromatic nitrogens is 4. The van der Waals surface area contributed by atoms with Crippen molar-refractivity contribution in [2.24, 2.45) is 11.5 Å². The summed E-state index contributed by atoms with van der Waals surface area (Å²) in [4.78, 5) is 27.5. The number of rotatable bonds is 16. The van der Waals surface area contributed by atoms with E-state index in [2.05, 4.69) is 40.8 Å². The zero-order valence-corrected chi connectivity index (χ0v) is 37.6. The fourth-order valence-electron chi connectivity index (χ4n) is 8.08. The minimum atomic E-state index is -4.56. The van der Waals surface area contributed by atoms with E-state index in [1.807, 2.05) is 6.92 Å². The van der Waals surface area contributed by atoms with Crippen LogP contribution in [0.5, 0.6) is 17.2 Å². The van der Waals surface area contributed by atoms with Crippen molar-refractivity contribution in [3.63, 3.8) is 0 Å². The van der Waals surface area contributed by atoms with Crippen molar-refractivity contribution in [3.05, 3.63) is 64.2 Å². The van der Waals surface area contributed by atoms with Crippen LogP contribution in [-0.2, 0) is 38.3 Å². The topological polar surface area (TPSA) is 236 Å². The van der Waals surface area contributed by atoms with E-state index in [0.29, 0.717) is 85.9 Å². The molecule has 17 nitrogen and oxygen atoms in total. The van der Waals surface area contributed by atoms with Crippen molar-refractivity contribution in [1.82, 2.24) is 30.2 Å². The van der Waals surface area contributed by atoms with Crippen LogP contribution >= 0.6 is 0 Å². The summed E-state index contributed by atoms with van der Waals surface area (Å²) >= 11 is 0. The van der Waals surface area contributed by atoms with E-state index in [9.17, 15) is 33.0 Å². The number of nitrogens with two attached hydrogens (primary N) is 2. The number of alkyl halides is 3. The lowest BCUT2D eigenvalue weighted by Crippen LogP contribution is -2.43. The molecule has 2 unspecified atom stereocenters. The Hall–Kier alpha value is -5.83. The maximum absolute atomic E-state index is 13.0. The number of likely N-dealkylation sites (tertiary alicyclic amines) is 2. The van der Waals surface area contributed by atoms with Crippen LogP contribution in [0, 0.1) is 13.8 Å². The Morgan fingerprint density at radius 1 is 0.831 bits per heavy atom. The number of phenols is 2. The second-order valence-corrected chi connectivity index (χ2v) is 16.0. The molecular formula is C45H61F3N10O7. The molecule has 354 valence electrons. The first kappa shape index (κ1) is 50.2. The Bertz CT molecular complexity index is 2230. The second kappa shape index (κ2) is 23.4. The number of aryl methyl sites for hydroxylation is 1. The van der Waals surface area contributed by atoms with Crippen molar-refractivity contribution < 1.29 is 47.2 Å². The summed E-state index contributed by atoms with van der Waals surface area (Å²) < 4.78 is 54.0. The number of benzene rings is 2. The van der Waals surface area contributed by atoms with Gasteiger partial charge in [-0.05, 0) is 101 Å². The van der Waals surface area contributed by atoms with Gasteiger partial charge in [0.1, 0.15) is 22.9 Å². The highest BCUT2D eigenvalue weighted by molar-refractivity contribution is 5.74. The molecule has 0 bridgehead atoms. The predicted octanol–water partition coefficient (Wildman–Crippen LogP) is 5.53. The van der Waals surface area contributed by atoms with Gasteiger partial charge in [-0.1, -0.05) is 0 Å². The van der Waals surface area contributed by atoms with Crippen LogP contribution in [0.4, 0.5) is 24.8 Å². The van der Waals surface area contributed by atoms with E-state index >= 15 is 0 Å². The largest absolute Gasteiger partial charge is 0.507 e. The Kier molecular flexibility index (Phi) is 18.0. The zero-order valence-electron chi connectivity index (χ0n) is 37.6. The highest BCUT2D eigenvalue weighted by Gasteiger charge is 2.32. The number of hydrogen-bond acceptors (Lipinski definition) is 17. The third-order valence-electron chi connectivity index (χ3n) is 11.5. The molecule has 2 atom stereocenters. The van der Waals surface area contributed by atoms with Gasteiger partial charge in [-0.25, -0.2) is 0 Å². The number of carbonyl (C=O) groups is 2. The molecule has 0 spiro atoms. The molecule has 20 heteroatoms. The molecule has 65 heavy (non-hydrogen) atoms. The number of anilines is 2. The van der Waals surface area contributed by atoms with Crippen molar-refractivity contribution >= 4 is 23.6 Å². The molecule has 4 aromatic rings. The van der Waals surface area contributed by atoms with Gasteiger partial charge in [0.15, 0.2) is 11.6 Å². The maximum Gasteiger partial charge on any atom is 0.416 e. The number of esters is 2. The standard InChI is InChI=1S/C23H30F3N5O3.C22H31N5O4/c1-3-34-20(33)6-8-31-7-4-5-17(13-31)28-22-15(12-27)10-18(29-30-22)21-14(2)9-16(11-19(21)32)23(24,25)26;1-14-18(12-23)22(24-15-5-4-9-27(13-15)10-8-20(29)31-3)26-25-21(14)17-7-6-16(30-2)11-19(17)28/h9-11,17,32H,3-8,12-13,27H2,1-2H3,(H,28,30);6-7,11,15,28H,4-5,8-10,12-13,23H2,1-3H3,(H,24,26). The number of halogens is 3. The van der Waals surface area contributed by atoms with Gasteiger partial charge in [0.25, 0.3) is 0 Å². The first-order chi connectivity index (χ1) is 31.1. The quantitative estimate of drug-likeness (QED) is 0.0758. The van der Waals surface area contributed by atoms with Crippen LogP contribution in [0.3, 0.4) is 0 Å². The number of methoxy groups -OCH3 is 2. The number of nitrogens with one attached hydrogen (secondary N) is 2. The van der Waals surface area contributed by atoms with Gasteiger partial charge >= 0.3 is 18.1 Å². The van der Waals surface area contributed by atoms with E-state index < -0.39 is 17.5 Å². The highest BCUT2D eigenvalue weighted by Crippen LogP contribution is 2.39. The molecule has 0 aliphatic carbocycles. The number of ether oxygens (including phenoxy) is 3. The van der Waals surface area contributed by atoms with Crippen LogP contribution in [0.15, 0.2) is 36.4 Å². The molecule has 6 rings (SSSR count). The number of piperidine rings is 2. The van der Waals surface area contributed by atoms with Crippen LogP contribution in [0.25, 0.3) is 22.5 Å². The third-order valence-corrected chi connectivity index (χ3v) is 11.5. The first-order valence-corrected chi connectivity index (χ1v) is 21.7. The zero-order chi connectivity index (χ0) is 47.3. The van der Waals surface area contributed by atoms with Gasteiger partial charge < -0.3 is 56.3 Å². The van der Waals surface area contributed by atoms with Gasteiger partial charge in [-0.2, -0.15) is 13.2 Å². The molecule has 2 aromatic heterocycles. The summed E-state index contributed by atoms with van der Waals surface area (Å²) in [6, 6.07) is 8.63. The van der Waals surface area contributed by atoms with Gasteiger partial charge in [-0.3, -0.25) is 9.59 Å². The maximum atomic E-state index is 13.0. The van der Waals surface area contributed by atoms with E-state index in [0.717, 1.165) is 62.5 Å². The van der Waals surface area contributed by atoms with E-state index in [-0.39, 0.29) is 53.1 Å². The van der Waals surface area contributed by atoms with Crippen LogP contribution in [0.2, 0.25) is 0 Å². The summed E-state index contributed by atoms with van der Waals surface area (Å²) in [5.74, 6) is 0.872. The molecule has 2 fully saturated rings. The average molecular weight is 911 g/mol. The Labute approximate surface area is 377 Å². The van der Waals surface area contributed by atoms with Gasteiger partial charge in [0.2, 0.25) is 0 Å². The van der Waals surface area contributed by atoms with Crippen LogP contribution < -0.4 is 26.8 Å². The minimum absolute atomic E-state index is 0.0719. The molecule has 2 aromatic carbocycles. The lowest BCUT2D eigenvalue weighted by atomic mass is 9.99. The van der Waals surface area contributed by atoms with Crippen molar-refractivity contribution in [1.29, 1.82) is 0 Å². The molecule has 4 heterocycles. The number of phenolic OH excluding ortho intramolecular Hbond substituents is 2. The monoisotopic (exact) mass is 910 g/mol. The summed E-state index contributed by atoms with van der Waals surface area (Å²) in [7, 11) is 2.96. The number of carbonyl (C=O) groups excluding carboxylic acids is 2. The predicted molar refractivity (Wildman–Crippen MR) is 239 cm³/mol. The molecule has 0 amide bonds. The first-order valence-electron chi connectivity index (χ1n) is 21.7. The van der Waals surface area contributed by atoms with E-state index in [4.69, 9.17) is 25.7 Å². The third kappa shape index (κ3) is 13.6. The van der Waals surface area contributed by atoms with Crippen LogP contribution in [-0.4, -0.2) is 125 Å². The summed E-state index contributed by atoms with van der Waals surface area (Å²) in [5, 5.41) is 44.7. The van der Waals surface area contributed by atoms with Gasteiger partial charge in [-0.15, -0.1) is 20.4 Å². The highest BCUT2D eigenvalue weighted by atomic mass is 19.4. The van der Waals surface area contributed by atoms with Crippen molar-refractivity contribution in [2.75, 3.05) is 70.7 Å². The van der Waals surface area contributed by atoms with E-state index in [1.54, 1.807) is 38.3 Å². The lowest BCUT2D eigenvalue weighted by molar-refractivity contribution is -0.143. The smallest absolute Gasteiger partial charge is 0.416 e. The second-order valence-electron chi connectivity index (χ2n) is 16.0. The van der Waals surface area contributed by atoms with E-state index in [1.165, 1.54) is 14.0 Å². The van der Waals surface area contributed by atoms with Crippen LogP contribution in [0.1, 0.15) is 73.3 Å².